The molecule has 0 spiro atoms. The first-order valence-electron chi connectivity index (χ1n) is 9.06. The van der Waals surface area contributed by atoms with E-state index in [0.717, 1.165) is 41.7 Å². The van der Waals surface area contributed by atoms with Crippen LogP contribution < -0.4 is 9.61 Å². The third-order valence-electron chi connectivity index (χ3n) is 4.98. The van der Waals surface area contributed by atoms with Crippen molar-refractivity contribution in [2.75, 3.05) is 7.11 Å². The molecule has 0 saturated carbocycles. The van der Waals surface area contributed by atoms with Crippen LogP contribution in [0.25, 0.3) is 0 Å². The van der Waals surface area contributed by atoms with Crippen molar-refractivity contribution in [1.82, 2.24) is 4.98 Å². The van der Waals surface area contributed by atoms with Gasteiger partial charge in [0.05, 0.1) is 22.6 Å². The summed E-state index contributed by atoms with van der Waals surface area (Å²) in [6.45, 7) is 0. The first kappa shape index (κ1) is 19.5. The maximum absolute atomic E-state index is 11.6. The number of carbonyl (C=O) groups excluding carboxylic acids is 1. The van der Waals surface area contributed by atoms with Gasteiger partial charge < -0.3 is 14.6 Å². The van der Waals surface area contributed by atoms with Gasteiger partial charge >= 0.3 is 10.8 Å². The zero-order valence-corrected chi connectivity index (χ0v) is 17.1. The van der Waals surface area contributed by atoms with Gasteiger partial charge in [-0.3, -0.25) is 9.78 Å². The fourth-order valence-electron chi connectivity index (χ4n) is 3.65. The molecule has 1 aromatic heterocycles. The molecular formula is C21H18ClNO5S. The average molecular weight is 432 g/mol. The van der Waals surface area contributed by atoms with Crippen LogP contribution in [0.15, 0.2) is 41.2 Å². The highest BCUT2D eigenvalue weighted by Crippen LogP contribution is 2.42. The summed E-state index contributed by atoms with van der Waals surface area (Å²) in [5.41, 5.74) is 2.55. The van der Waals surface area contributed by atoms with Gasteiger partial charge in [0.1, 0.15) is 11.5 Å². The second-order valence-corrected chi connectivity index (χ2v) is 8.19. The van der Waals surface area contributed by atoms with Gasteiger partial charge in [0.25, 0.3) is 0 Å². The van der Waals surface area contributed by atoms with E-state index in [4.69, 9.17) is 21.1 Å². The molecule has 0 radical (unpaired) electrons. The van der Waals surface area contributed by atoms with Crippen LogP contribution in [0.5, 0.6) is 17.4 Å². The lowest BCUT2D eigenvalue weighted by atomic mass is 9.82. The maximum Gasteiger partial charge on any atom is 0.337 e. The maximum atomic E-state index is 11.6. The standard InChI is InChI=1S/C21H18ClNO5S/c1-27-20(25)12-5-8-17(16(22)10-12)28-13-6-7-14-11(9-13)3-2-4-15(14)18-19(24)23-21(26)29-18/h5-10,15,24H,2-4H2,1H3,(H,23,26)/t15-/m1/s1. The third-order valence-corrected chi connectivity index (χ3v) is 6.26. The molecule has 0 saturated heterocycles. The van der Waals surface area contributed by atoms with Crippen molar-refractivity contribution in [1.29, 1.82) is 0 Å². The van der Waals surface area contributed by atoms with E-state index in [9.17, 15) is 14.7 Å². The third kappa shape index (κ3) is 3.88. The molecule has 0 aliphatic heterocycles. The number of aromatic hydroxyl groups is 1. The van der Waals surface area contributed by atoms with Gasteiger partial charge in [0, 0.05) is 5.92 Å². The number of aromatic amines is 1. The Kier molecular flexibility index (Phi) is 5.34. The number of aryl methyl sites for hydroxylation is 1. The van der Waals surface area contributed by atoms with Crippen LogP contribution in [0.3, 0.4) is 0 Å². The van der Waals surface area contributed by atoms with Gasteiger partial charge in [0.2, 0.25) is 5.88 Å². The number of ether oxygens (including phenoxy) is 2. The minimum Gasteiger partial charge on any atom is -0.494 e. The van der Waals surface area contributed by atoms with Crippen LogP contribution in [0.4, 0.5) is 0 Å². The molecule has 1 atom stereocenters. The Balaban J connectivity index is 1.61. The Hall–Kier alpha value is -2.77. The Labute approximate surface area is 175 Å². The lowest BCUT2D eigenvalue weighted by molar-refractivity contribution is 0.0600. The van der Waals surface area contributed by atoms with E-state index in [-0.39, 0.29) is 16.7 Å². The summed E-state index contributed by atoms with van der Waals surface area (Å²) in [6, 6.07) is 10.5. The number of hydrogen-bond acceptors (Lipinski definition) is 6. The van der Waals surface area contributed by atoms with Gasteiger partial charge in [-0.05, 0) is 60.7 Å². The van der Waals surface area contributed by atoms with E-state index in [1.165, 1.54) is 13.2 Å². The minimum atomic E-state index is -0.464. The molecule has 29 heavy (non-hydrogen) atoms. The molecule has 0 unspecified atom stereocenters. The summed E-state index contributed by atoms with van der Waals surface area (Å²) >= 11 is 7.31. The van der Waals surface area contributed by atoms with Crippen molar-refractivity contribution < 1.29 is 19.4 Å². The summed E-state index contributed by atoms with van der Waals surface area (Å²) in [7, 11) is 1.31. The SMILES string of the molecule is COC(=O)c1ccc(Oc2ccc3c(c2)CCC[C@H]3c2sc(=O)[nH]c2O)c(Cl)c1. The van der Waals surface area contributed by atoms with Crippen LogP contribution in [0, 0.1) is 0 Å². The largest absolute Gasteiger partial charge is 0.494 e. The van der Waals surface area contributed by atoms with Crippen molar-refractivity contribution in [3.8, 4) is 17.4 Å². The predicted molar refractivity (Wildman–Crippen MR) is 111 cm³/mol. The summed E-state index contributed by atoms with van der Waals surface area (Å²) in [5.74, 6) is 0.542. The second-order valence-electron chi connectivity index (χ2n) is 6.77. The Morgan fingerprint density at radius 2 is 2.10 bits per heavy atom. The van der Waals surface area contributed by atoms with Crippen LogP contribution in [0.2, 0.25) is 5.02 Å². The van der Waals surface area contributed by atoms with Crippen LogP contribution >= 0.6 is 22.9 Å². The summed E-state index contributed by atoms with van der Waals surface area (Å²) in [6.07, 6.45) is 2.70. The first-order chi connectivity index (χ1) is 14.0. The van der Waals surface area contributed by atoms with Crippen LogP contribution in [-0.2, 0) is 11.2 Å². The number of carbonyl (C=O) groups is 1. The van der Waals surface area contributed by atoms with Gasteiger partial charge in [-0.1, -0.05) is 29.0 Å². The van der Waals surface area contributed by atoms with Crippen molar-refractivity contribution in [3.63, 3.8) is 0 Å². The first-order valence-corrected chi connectivity index (χ1v) is 10.3. The summed E-state index contributed by atoms with van der Waals surface area (Å²) in [5, 5.41) is 10.4. The topological polar surface area (TPSA) is 88.6 Å². The number of halogens is 1. The second kappa shape index (κ2) is 7.93. The van der Waals surface area contributed by atoms with Crippen molar-refractivity contribution in [2.45, 2.75) is 25.2 Å². The number of methoxy groups -OCH3 is 1. The molecule has 2 aromatic carbocycles. The minimum absolute atomic E-state index is 0.0142. The number of benzene rings is 2. The molecule has 2 N–H and O–H groups in total. The molecule has 1 aliphatic rings. The quantitative estimate of drug-likeness (QED) is 0.577. The van der Waals surface area contributed by atoms with E-state index < -0.39 is 5.97 Å². The number of thiazole rings is 1. The molecule has 1 aliphatic carbocycles. The van der Waals surface area contributed by atoms with Gasteiger partial charge in [0.15, 0.2) is 0 Å². The highest BCUT2D eigenvalue weighted by molar-refractivity contribution is 7.09. The zero-order valence-electron chi connectivity index (χ0n) is 15.5. The normalized spacial score (nSPS) is 15.6. The molecule has 3 aromatic rings. The monoisotopic (exact) mass is 431 g/mol. The Morgan fingerprint density at radius 1 is 1.28 bits per heavy atom. The van der Waals surface area contributed by atoms with Crippen molar-refractivity contribution >= 4 is 28.9 Å². The molecule has 4 rings (SSSR count). The Morgan fingerprint density at radius 3 is 2.79 bits per heavy atom. The van der Waals surface area contributed by atoms with E-state index in [1.807, 2.05) is 18.2 Å². The van der Waals surface area contributed by atoms with E-state index in [2.05, 4.69) is 4.98 Å². The number of aromatic nitrogens is 1. The fraction of sp³-hybridized carbons (Fsp3) is 0.238. The molecule has 0 amide bonds. The molecule has 150 valence electrons. The molecule has 8 heteroatoms. The number of fused-ring (bicyclic) bond motifs is 1. The van der Waals surface area contributed by atoms with Gasteiger partial charge in [-0.2, -0.15) is 0 Å². The summed E-state index contributed by atoms with van der Waals surface area (Å²) < 4.78 is 10.6. The number of nitrogens with one attached hydrogen (secondary N) is 1. The smallest absolute Gasteiger partial charge is 0.337 e. The zero-order chi connectivity index (χ0) is 20.5. The number of rotatable bonds is 4. The number of H-pyrrole nitrogens is 1. The van der Waals surface area contributed by atoms with E-state index >= 15 is 0 Å². The lowest BCUT2D eigenvalue weighted by Crippen LogP contribution is -2.10. The molecule has 0 fully saturated rings. The number of hydrogen-bond donors (Lipinski definition) is 2. The molecular weight excluding hydrogens is 414 g/mol. The molecule has 6 nitrogen and oxygen atoms in total. The number of esters is 1. The highest BCUT2D eigenvalue weighted by atomic mass is 35.5. The van der Waals surface area contributed by atoms with Crippen LogP contribution in [0.1, 0.15) is 45.1 Å². The van der Waals surface area contributed by atoms with Crippen molar-refractivity contribution in [2.24, 2.45) is 0 Å². The van der Waals surface area contributed by atoms with E-state index in [0.29, 0.717) is 27.0 Å². The van der Waals surface area contributed by atoms with Gasteiger partial charge in [-0.15, -0.1) is 0 Å². The average Bonchev–Trinajstić information content (AvgIpc) is 3.06. The predicted octanol–water partition coefficient (Wildman–Crippen LogP) is 4.84. The lowest BCUT2D eigenvalue weighted by Gasteiger charge is -2.25. The fourth-order valence-corrected chi connectivity index (χ4v) is 4.75. The highest BCUT2D eigenvalue weighted by Gasteiger charge is 2.26. The van der Waals surface area contributed by atoms with E-state index in [1.54, 1.807) is 12.1 Å². The van der Waals surface area contributed by atoms with Crippen molar-refractivity contribution in [3.05, 3.63) is 72.7 Å². The molecule has 0 bridgehead atoms. The van der Waals surface area contributed by atoms with Crippen LogP contribution in [-0.4, -0.2) is 23.2 Å². The summed E-state index contributed by atoms with van der Waals surface area (Å²) in [4.78, 5) is 26.1. The Bertz CT molecular complexity index is 1140. The molecule has 1 heterocycles. The van der Waals surface area contributed by atoms with Gasteiger partial charge in [-0.25, -0.2) is 4.79 Å².